The average molecular weight is 314 g/mol. The van der Waals surface area contributed by atoms with Gasteiger partial charge in [-0.05, 0) is 25.5 Å². The zero-order chi connectivity index (χ0) is 15.9. The van der Waals surface area contributed by atoms with E-state index in [4.69, 9.17) is 10.00 Å². The minimum absolute atomic E-state index is 0.197. The average Bonchev–Trinajstić information content (AvgIpc) is 2.97. The SMILES string of the molecule is CCOc1cc(-c2ccccc2)sc1C(=O)NCC(C)C#N. The maximum atomic E-state index is 12.3. The second kappa shape index (κ2) is 7.62. The van der Waals surface area contributed by atoms with Crippen molar-refractivity contribution in [2.45, 2.75) is 13.8 Å². The molecule has 1 aromatic heterocycles. The Hall–Kier alpha value is -2.32. The summed E-state index contributed by atoms with van der Waals surface area (Å²) in [5, 5.41) is 11.6. The van der Waals surface area contributed by atoms with Gasteiger partial charge in [0.2, 0.25) is 0 Å². The lowest BCUT2D eigenvalue weighted by molar-refractivity contribution is 0.0951. The number of carbonyl (C=O) groups is 1. The van der Waals surface area contributed by atoms with E-state index < -0.39 is 0 Å². The first kappa shape index (κ1) is 16.1. The second-order valence-electron chi connectivity index (χ2n) is 4.84. The van der Waals surface area contributed by atoms with E-state index in [0.29, 0.717) is 23.8 Å². The normalized spacial score (nSPS) is 11.5. The molecule has 0 aliphatic carbocycles. The molecule has 1 aromatic carbocycles. The van der Waals surface area contributed by atoms with Crippen LogP contribution in [0.1, 0.15) is 23.5 Å². The first-order valence-corrected chi connectivity index (χ1v) is 7.97. The molecule has 0 bridgehead atoms. The van der Waals surface area contributed by atoms with Crippen LogP contribution >= 0.6 is 11.3 Å². The molecule has 0 spiro atoms. The number of rotatable bonds is 6. The minimum atomic E-state index is -0.215. The lowest BCUT2D eigenvalue weighted by atomic mass is 10.2. The summed E-state index contributed by atoms with van der Waals surface area (Å²) >= 11 is 1.40. The number of amides is 1. The predicted molar refractivity (Wildman–Crippen MR) is 88.0 cm³/mol. The molecule has 1 unspecified atom stereocenters. The van der Waals surface area contributed by atoms with Crippen molar-refractivity contribution in [3.8, 4) is 22.3 Å². The Morgan fingerprint density at radius 3 is 2.77 bits per heavy atom. The lowest BCUT2D eigenvalue weighted by Crippen LogP contribution is -2.27. The number of nitrogens with zero attached hydrogens (tertiary/aromatic N) is 1. The topological polar surface area (TPSA) is 62.1 Å². The van der Waals surface area contributed by atoms with Gasteiger partial charge in [-0.1, -0.05) is 30.3 Å². The molecule has 114 valence electrons. The van der Waals surface area contributed by atoms with Crippen LogP contribution < -0.4 is 10.1 Å². The molecule has 1 atom stereocenters. The van der Waals surface area contributed by atoms with Crippen molar-refractivity contribution >= 4 is 17.2 Å². The number of benzene rings is 1. The first-order valence-electron chi connectivity index (χ1n) is 7.15. The van der Waals surface area contributed by atoms with Crippen LogP contribution in [0.25, 0.3) is 10.4 Å². The summed E-state index contributed by atoms with van der Waals surface area (Å²) in [6, 6.07) is 13.9. The first-order chi connectivity index (χ1) is 10.7. The molecular formula is C17H18N2O2S. The predicted octanol–water partition coefficient (Wildman–Crippen LogP) is 3.70. The van der Waals surface area contributed by atoms with Crippen molar-refractivity contribution in [2.75, 3.05) is 13.2 Å². The molecule has 0 saturated carbocycles. The Kier molecular flexibility index (Phi) is 5.56. The van der Waals surface area contributed by atoms with E-state index >= 15 is 0 Å². The van der Waals surface area contributed by atoms with Gasteiger partial charge < -0.3 is 10.1 Å². The highest BCUT2D eigenvalue weighted by atomic mass is 32.1. The van der Waals surface area contributed by atoms with Crippen molar-refractivity contribution < 1.29 is 9.53 Å². The highest BCUT2D eigenvalue weighted by Crippen LogP contribution is 2.36. The highest BCUT2D eigenvalue weighted by molar-refractivity contribution is 7.17. The van der Waals surface area contributed by atoms with E-state index in [0.717, 1.165) is 10.4 Å². The third-order valence-electron chi connectivity index (χ3n) is 3.05. The molecule has 1 heterocycles. The summed E-state index contributed by atoms with van der Waals surface area (Å²) in [5.74, 6) is 0.180. The molecule has 1 N–H and O–H groups in total. The molecule has 1 amide bonds. The molecule has 22 heavy (non-hydrogen) atoms. The molecule has 5 heteroatoms. The maximum Gasteiger partial charge on any atom is 0.265 e. The summed E-state index contributed by atoms with van der Waals surface area (Å²) in [5.41, 5.74) is 1.05. The van der Waals surface area contributed by atoms with E-state index in [1.54, 1.807) is 6.92 Å². The Bertz CT molecular complexity index is 674. The fourth-order valence-electron chi connectivity index (χ4n) is 1.91. The van der Waals surface area contributed by atoms with Crippen LogP contribution in [0.5, 0.6) is 5.75 Å². The summed E-state index contributed by atoms with van der Waals surface area (Å²) < 4.78 is 5.58. The number of nitriles is 1. The van der Waals surface area contributed by atoms with Crippen molar-refractivity contribution in [1.29, 1.82) is 5.26 Å². The summed E-state index contributed by atoms with van der Waals surface area (Å²) in [6.45, 7) is 4.49. The number of thiophene rings is 1. The van der Waals surface area contributed by atoms with Gasteiger partial charge in [0.1, 0.15) is 10.6 Å². The van der Waals surface area contributed by atoms with Gasteiger partial charge >= 0.3 is 0 Å². The molecule has 2 rings (SSSR count). The standard InChI is InChI=1S/C17H18N2O2S/c1-3-21-14-9-15(13-7-5-4-6-8-13)22-16(14)17(20)19-11-12(2)10-18/h4-9,12H,3,11H2,1-2H3,(H,19,20). The molecular weight excluding hydrogens is 296 g/mol. The Balaban J connectivity index is 2.24. The number of carbonyl (C=O) groups excluding carboxylic acids is 1. The molecule has 4 nitrogen and oxygen atoms in total. The van der Waals surface area contributed by atoms with E-state index in [2.05, 4.69) is 11.4 Å². The summed E-state index contributed by atoms with van der Waals surface area (Å²) in [7, 11) is 0. The molecule has 0 saturated heterocycles. The largest absolute Gasteiger partial charge is 0.492 e. The third-order valence-corrected chi connectivity index (χ3v) is 4.22. The van der Waals surface area contributed by atoms with E-state index in [-0.39, 0.29) is 11.8 Å². The third kappa shape index (κ3) is 3.86. The molecule has 2 aromatic rings. The zero-order valence-corrected chi connectivity index (χ0v) is 13.4. The zero-order valence-electron chi connectivity index (χ0n) is 12.6. The van der Waals surface area contributed by atoms with E-state index in [1.807, 2.05) is 43.3 Å². The lowest BCUT2D eigenvalue weighted by Gasteiger charge is -2.07. The van der Waals surface area contributed by atoms with Gasteiger partial charge in [-0.25, -0.2) is 0 Å². The van der Waals surface area contributed by atoms with Crippen LogP contribution in [0.4, 0.5) is 0 Å². The molecule has 0 aliphatic rings. The fourth-order valence-corrected chi connectivity index (χ4v) is 2.93. The molecule has 0 radical (unpaired) electrons. The number of hydrogen-bond acceptors (Lipinski definition) is 4. The van der Waals surface area contributed by atoms with Crippen LogP contribution in [-0.4, -0.2) is 19.1 Å². The number of ether oxygens (including phenoxy) is 1. The van der Waals surface area contributed by atoms with Crippen molar-refractivity contribution in [3.05, 3.63) is 41.3 Å². The second-order valence-corrected chi connectivity index (χ2v) is 5.90. The maximum absolute atomic E-state index is 12.3. The van der Waals surface area contributed by atoms with E-state index in [9.17, 15) is 4.79 Å². The summed E-state index contributed by atoms with van der Waals surface area (Å²) in [4.78, 5) is 13.9. The van der Waals surface area contributed by atoms with Gasteiger partial charge in [-0.2, -0.15) is 5.26 Å². The van der Waals surface area contributed by atoms with Gasteiger partial charge in [0.05, 0.1) is 18.6 Å². The minimum Gasteiger partial charge on any atom is -0.492 e. The Morgan fingerprint density at radius 1 is 1.41 bits per heavy atom. The van der Waals surface area contributed by atoms with E-state index in [1.165, 1.54) is 11.3 Å². The van der Waals surface area contributed by atoms with Crippen molar-refractivity contribution in [1.82, 2.24) is 5.32 Å². The fraction of sp³-hybridized carbons (Fsp3) is 0.294. The highest BCUT2D eigenvalue weighted by Gasteiger charge is 2.18. The van der Waals surface area contributed by atoms with Gasteiger partial charge in [0.25, 0.3) is 5.91 Å². The van der Waals surface area contributed by atoms with Crippen LogP contribution in [0, 0.1) is 17.2 Å². The summed E-state index contributed by atoms with van der Waals surface area (Å²) in [6.07, 6.45) is 0. The smallest absolute Gasteiger partial charge is 0.265 e. The number of hydrogen-bond donors (Lipinski definition) is 1. The monoisotopic (exact) mass is 314 g/mol. The Labute approximate surface area is 134 Å². The van der Waals surface area contributed by atoms with Crippen LogP contribution in [-0.2, 0) is 0 Å². The van der Waals surface area contributed by atoms with Gasteiger partial charge in [-0.3, -0.25) is 4.79 Å². The molecule has 0 aliphatic heterocycles. The van der Waals surface area contributed by atoms with Crippen LogP contribution in [0.3, 0.4) is 0 Å². The van der Waals surface area contributed by atoms with Gasteiger partial charge in [0, 0.05) is 11.4 Å². The van der Waals surface area contributed by atoms with Gasteiger partial charge in [0.15, 0.2) is 0 Å². The van der Waals surface area contributed by atoms with Crippen LogP contribution in [0.15, 0.2) is 36.4 Å². The van der Waals surface area contributed by atoms with Crippen LogP contribution in [0.2, 0.25) is 0 Å². The molecule has 0 fully saturated rings. The Morgan fingerprint density at radius 2 is 2.14 bits per heavy atom. The number of nitrogens with one attached hydrogen (secondary N) is 1. The van der Waals surface area contributed by atoms with Crippen molar-refractivity contribution in [3.63, 3.8) is 0 Å². The van der Waals surface area contributed by atoms with Gasteiger partial charge in [-0.15, -0.1) is 11.3 Å². The van der Waals surface area contributed by atoms with Crippen molar-refractivity contribution in [2.24, 2.45) is 5.92 Å². The quantitative estimate of drug-likeness (QED) is 0.884.